The van der Waals surface area contributed by atoms with Gasteiger partial charge in [-0.1, -0.05) is 113 Å². The molecule has 3 heterocycles. The molecule has 4 heteroatoms. The molecule has 0 atom stereocenters. The van der Waals surface area contributed by atoms with Crippen molar-refractivity contribution in [2.75, 3.05) is 0 Å². The lowest BCUT2D eigenvalue weighted by Gasteiger charge is -2.24. The van der Waals surface area contributed by atoms with Gasteiger partial charge in [0.05, 0.1) is 22.3 Å². The van der Waals surface area contributed by atoms with Crippen LogP contribution in [0.25, 0.3) is 82.8 Å². The second-order valence-electron chi connectivity index (χ2n) is 13.8. The molecule has 0 N–H and O–H groups in total. The number of pyridine rings is 1. The lowest BCUT2D eigenvalue weighted by Crippen LogP contribution is -2.09. The molecular weight excluding hydrogens is 599 g/mol. The van der Waals surface area contributed by atoms with Crippen molar-refractivity contribution in [3.05, 3.63) is 138 Å². The third kappa shape index (κ3) is 4.51. The van der Waals surface area contributed by atoms with Crippen molar-refractivity contribution in [1.82, 2.24) is 14.5 Å². The highest BCUT2D eigenvalue weighted by Gasteiger charge is 2.26. The Morgan fingerprint density at radius 2 is 1.18 bits per heavy atom. The number of nitrogens with zero attached hydrogens (tertiary/aromatic N) is 3. The first kappa shape index (κ1) is 29.4. The van der Waals surface area contributed by atoms with Crippen LogP contribution in [-0.4, -0.2) is 14.5 Å². The fourth-order valence-electron chi connectivity index (χ4n) is 7.66. The van der Waals surface area contributed by atoms with Gasteiger partial charge in [0.2, 0.25) is 0 Å². The van der Waals surface area contributed by atoms with Gasteiger partial charge in [-0.3, -0.25) is 4.57 Å². The monoisotopic (exact) mass is 635 g/mol. The number of aryl methyl sites for hydroxylation is 1. The van der Waals surface area contributed by atoms with Crippen LogP contribution in [0.15, 0.2) is 126 Å². The van der Waals surface area contributed by atoms with Gasteiger partial charge < -0.3 is 4.42 Å². The first-order valence-electron chi connectivity index (χ1n) is 17.2. The van der Waals surface area contributed by atoms with Crippen LogP contribution < -0.4 is 0 Å². The fourth-order valence-corrected chi connectivity index (χ4v) is 7.66. The van der Waals surface area contributed by atoms with E-state index < -0.39 is 0 Å². The van der Waals surface area contributed by atoms with E-state index in [2.05, 4.69) is 161 Å². The Labute approximate surface area is 285 Å². The Balaban J connectivity index is 1.37. The van der Waals surface area contributed by atoms with Crippen LogP contribution in [0.5, 0.6) is 0 Å². The van der Waals surface area contributed by atoms with Crippen molar-refractivity contribution < 1.29 is 4.42 Å². The highest BCUT2D eigenvalue weighted by Crippen LogP contribution is 2.44. The maximum absolute atomic E-state index is 6.96. The lowest BCUT2D eigenvalue weighted by molar-refractivity contribution is 0.672. The number of para-hydroxylation sites is 3. The van der Waals surface area contributed by atoms with E-state index in [-0.39, 0.29) is 11.8 Å². The molecule has 49 heavy (non-hydrogen) atoms. The Bertz CT molecular complexity index is 2700. The largest absolute Gasteiger partial charge is 0.453 e. The number of fused-ring (bicyclic) bond motifs is 8. The Hall–Kier alpha value is -5.74. The van der Waals surface area contributed by atoms with Gasteiger partial charge in [0.25, 0.3) is 0 Å². The summed E-state index contributed by atoms with van der Waals surface area (Å²) in [5.74, 6) is 1.44. The summed E-state index contributed by atoms with van der Waals surface area (Å²) in [4.78, 5) is 10.5. The third-order valence-corrected chi connectivity index (χ3v) is 10.1. The maximum Gasteiger partial charge on any atom is 0.161 e. The van der Waals surface area contributed by atoms with Crippen molar-refractivity contribution >= 4 is 54.6 Å². The molecule has 0 unspecified atom stereocenters. The molecule has 0 bridgehead atoms. The van der Waals surface area contributed by atoms with Crippen molar-refractivity contribution in [1.29, 1.82) is 0 Å². The maximum atomic E-state index is 6.96. The molecule has 0 aliphatic heterocycles. The number of furan rings is 1. The smallest absolute Gasteiger partial charge is 0.161 e. The van der Waals surface area contributed by atoms with Gasteiger partial charge >= 0.3 is 0 Å². The molecule has 0 saturated carbocycles. The van der Waals surface area contributed by atoms with Gasteiger partial charge in [0, 0.05) is 27.2 Å². The molecular formula is C45H37N3O. The third-order valence-electron chi connectivity index (χ3n) is 10.1. The van der Waals surface area contributed by atoms with Crippen LogP contribution >= 0.6 is 0 Å². The summed E-state index contributed by atoms with van der Waals surface area (Å²) in [6.07, 6.45) is 0. The van der Waals surface area contributed by atoms with Crippen LogP contribution in [0, 0.1) is 6.92 Å². The van der Waals surface area contributed by atoms with Crippen LogP contribution in [0.2, 0.25) is 0 Å². The zero-order valence-electron chi connectivity index (χ0n) is 28.5. The molecule has 0 amide bonds. The summed E-state index contributed by atoms with van der Waals surface area (Å²) in [6.45, 7) is 11.2. The highest BCUT2D eigenvalue weighted by molar-refractivity contribution is 6.20. The van der Waals surface area contributed by atoms with E-state index in [4.69, 9.17) is 14.4 Å². The Morgan fingerprint density at radius 1 is 0.551 bits per heavy atom. The summed E-state index contributed by atoms with van der Waals surface area (Å²) in [5, 5.41) is 5.58. The molecule has 0 aliphatic carbocycles. The van der Waals surface area contributed by atoms with Gasteiger partial charge in [-0.05, 0) is 82.8 Å². The first-order chi connectivity index (χ1) is 23.9. The quantitative estimate of drug-likeness (QED) is 0.177. The number of aromatic nitrogens is 3. The molecule has 0 spiro atoms. The second-order valence-corrected chi connectivity index (χ2v) is 13.8. The zero-order valence-corrected chi connectivity index (χ0v) is 28.5. The average molecular weight is 636 g/mol. The van der Waals surface area contributed by atoms with Crippen LogP contribution in [0.3, 0.4) is 0 Å². The first-order valence-corrected chi connectivity index (χ1v) is 17.2. The lowest BCUT2D eigenvalue weighted by atomic mass is 9.88. The van der Waals surface area contributed by atoms with Crippen LogP contribution in [-0.2, 0) is 0 Å². The topological polar surface area (TPSA) is 43.9 Å². The van der Waals surface area contributed by atoms with Crippen LogP contribution in [0.4, 0.5) is 0 Å². The standard InChI is InChI=1S/C45H37N3O/c1-26(2)37-24-30(29-14-7-6-8-15-29)25-38(27(3)4)42(37)48-40-21-12-11-20-39(40)47-45(48)36-19-13-18-34-35-23-22-33-32-17-10-9-16-31(32)28(5)46-41(33)44(35)49-43(34)36/h6-27H,1-5H3. The minimum absolute atomic E-state index is 0.280. The molecule has 0 aliphatic rings. The van der Waals surface area contributed by atoms with Crippen molar-refractivity contribution in [2.45, 2.75) is 46.5 Å². The van der Waals surface area contributed by atoms with Gasteiger partial charge in [-0.15, -0.1) is 0 Å². The van der Waals surface area contributed by atoms with E-state index in [9.17, 15) is 0 Å². The van der Waals surface area contributed by atoms with Crippen LogP contribution in [0.1, 0.15) is 56.4 Å². The van der Waals surface area contributed by atoms with E-state index in [0.717, 1.165) is 61.0 Å². The van der Waals surface area contributed by atoms with Gasteiger partial charge in [-0.2, -0.15) is 0 Å². The van der Waals surface area contributed by atoms with Crippen molar-refractivity contribution in [3.63, 3.8) is 0 Å². The van der Waals surface area contributed by atoms with Gasteiger partial charge in [-0.25, -0.2) is 9.97 Å². The molecule has 9 rings (SSSR count). The summed E-state index contributed by atoms with van der Waals surface area (Å²) in [7, 11) is 0. The van der Waals surface area contributed by atoms with Gasteiger partial charge in [0.15, 0.2) is 5.58 Å². The summed E-state index contributed by atoms with van der Waals surface area (Å²) in [6, 6.07) is 43.3. The number of benzene rings is 6. The Morgan fingerprint density at radius 3 is 1.94 bits per heavy atom. The van der Waals surface area contributed by atoms with Crippen molar-refractivity contribution in [2.24, 2.45) is 0 Å². The predicted molar refractivity (Wildman–Crippen MR) is 205 cm³/mol. The Kier molecular flexibility index (Phi) is 6.70. The molecule has 238 valence electrons. The van der Waals surface area contributed by atoms with E-state index >= 15 is 0 Å². The molecule has 0 saturated heterocycles. The van der Waals surface area contributed by atoms with E-state index in [1.165, 1.54) is 38.7 Å². The number of rotatable bonds is 5. The number of imidazole rings is 1. The second kappa shape index (κ2) is 11.2. The normalized spacial score (nSPS) is 12.1. The number of hydrogen-bond donors (Lipinski definition) is 0. The molecule has 9 aromatic rings. The molecule has 0 radical (unpaired) electrons. The molecule has 6 aromatic carbocycles. The number of hydrogen-bond acceptors (Lipinski definition) is 3. The summed E-state index contributed by atoms with van der Waals surface area (Å²) < 4.78 is 9.35. The predicted octanol–water partition coefficient (Wildman–Crippen LogP) is 12.5. The summed E-state index contributed by atoms with van der Waals surface area (Å²) in [5.41, 5.74) is 12.8. The minimum atomic E-state index is 0.280. The highest BCUT2D eigenvalue weighted by atomic mass is 16.3. The van der Waals surface area contributed by atoms with E-state index in [0.29, 0.717) is 0 Å². The molecule has 0 fully saturated rings. The average Bonchev–Trinajstić information content (AvgIpc) is 3.70. The van der Waals surface area contributed by atoms with Gasteiger partial charge in [0.1, 0.15) is 16.9 Å². The minimum Gasteiger partial charge on any atom is -0.453 e. The SMILES string of the molecule is Cc1nc2c(ccc3c4cccc(-c5nc6ccccc6n5-c5c(C(C)C)cc(-c6ccccc6)cc5C(C)C)c4oc32)c2ccccc12. The molecule has 4 nitrogen and oxygen atoms in total. The van der Waals surface area contributed by atoms with E-state index in [1.807, 2.05) is 0 Å². The van der Waals surface area contributed by atoms with E-state index in [1.54, 1.807) is 0 Å². The summed E-state index contributed by atoms with van der Waals surface area (Å²) >= 11 is 0. The van der Waals surface area contributed by atoms with Crippen molar-refractivity contribution in [3.8, 4) is 28.2 Å². The fraction of sp³-hybridized carbons (Fsp3) is 0.156. The molecule has 3 aromatic heterocycles. The zero-order chi connectivity index (χ0) is 33.4.